The van der Waals surface area contributed by atoms with E-state index in [1.54, 1.807) is 6.20 Å². The number of pyridine rings is 1. The van der Waals surface area contributed by atoms with Crippen molar-refractivity contribution >= 4 is 15.9 Å². The van der Waals surface area contributed by atoms with Crippen LogP contribution < -0.4 is 4.74 Å². The van der Waals surface area contributed by atoms with Crippen LogP contribution in [0.5, 0.6) is 5.88 Å². The van der Waals surface area contributed by atoms with Crippen molar-refractivity contribution in [1.29, 1.82) is 0 Å². The van der Waals surface area contributed by atoms with Crippen molar-refractivity contribution in [3.63, 3.8) is 0 Å². The van der Waals surface area contributed by atoms with Gasteiger partial charge in [0.15, 0.2) is 0 Å². The minimum absolute atomic E-state index is 0.302. The second-order valence-electron chi connectivity index (χ2n) is 4.86. The fraction of sp³-hybridized carbons (Fsp3) is 0.615. The van der Waals surface area contributed by atoms with Gasteiger partial charge in [0.1, 0.15) is 6.10 Å². The average molecular weight is 313 g/mol. The van der Waals surface area contributed by atoms with Gasteiger partial charge < -0.3 is 9.47 Å². The van der Waals surface area contributed by atoms with Crippen LogP contribution in [0.2, 0.25) is 0 Å². The van der Waals surface area contributed by atoms with E-state index in [-0.39, 0.29) is 0 Å². The molecule has 0 spiro atoms. The zero-order chi connectivity index (χ0) is 12.4. The van der Waals surface area contributed by atoms with Crippen LogP contribution in [0.25, 0.3) is 0 Å². The van der Waals surface area contributed by atoms with Crippen molar-refractivity contribution < 1.29 is 9.47 Å². The number of halogens is 1. The first-order valence-corrected chi connectivity index (χ1v) is 7.20. The number of ether oxygens (including phenoxy) is 2. The molecule has 2 saturated heterocycles. The highest BCUT2D eigenvalue weighted by molar-refractivity contribution is 9.10. The number of nitrogens with zero attached hydrogens (tertiary/aromatic N) is 2. The minimum Gasteiger partial charge on any atom is -0.474 e. The van der Waals surface area contributed by atoms with Crippen molar-refractivity contribution in [2.24, 2.45) is 0 Å². The van der Waals surface area contributed by atoms with Crippen LogP contribution in [0.1, 0.15) is 12.8 Å². The number of hydrogen-bond acceptors (Lipinski definition) is 4. The molecule has 3 heterocycles. The fourth-order valence-electron chi connectivity index (χ4n) is 2.40. The Kier molecular flexibility index (Phi) is 3.82. The second kappa shape index (κ2) is 5.55. The molecule has 0 aromatic carbocycles. The Bertz CT molecular complexity index is 386. The molecule has 3 rings (SSSR count). The van der Waals surface area contributed by atoms with Gasteiger partial charge in [-0.3, -0.25) is 4.90 Å². The van der Waals surface area contributed by atoms with E-state index in [0.29, 0.717) is 12.1 Å². The molecule has 0 amide bonds. The van der Waals surface area contributed by atoms with Crippen LogP contribution in [0.15, 0.2) is 22.8 Å². The number of likely N-dealkylation sites (tertiary alicyclic amines) is 1. The number of hydrogen-bond donors (Lipinski definition) is 0. The topological polar surface area (TPSA) is 34.6 Å². The summed E-state index contributed by atoms with van der Waals surface area (Å²) in [6.45, 7) is 4.02. The molecule has 4 nitrogen and oxygen atoms in total. The SMILES string of the molecule is Brc1ccc(OC2CCN(C3COC3)CC2)nc1. The molecular formula is C13H17BrN2O2. The molecule has 2 aliphatic rings. The van der Waals surface area contributed by atoms with Crippen LogP contribution >= 0.6 is 15.9 Å². The van der Waals surface area contributed by atoms with Gasteiger partial charge in [-0.1, -0.05) is 0 Å². The lowest BCUT2D eigenvalue weighted by atomic mass is 10.0. The molecular weight excluding hydrogens is 296 g/mol. The van der Waals surface area contributed by atoms with Crippen molar-refractivity contribution in [2.75, 3.05) is 26.3 Å². The highest BCUT2D eigenvalue weighted by Crippen LogP contribution is 2.21. The normalized spacial score (nSPS) is 22.7. The standard InChI is InChI=1S/C13H17BrN2O2/c14-10-1-2-13(15-7-10)18-12-3-5-16(6-4-12)11-8-17-9-11/h1-2,7,11-12H,3-6,8-9H2. The number of rotatable bonds is 3. The van der Waals surface area contributed by atoms with Crippen LogP contribution in [-0.4, -0.2) is 48.3 Å². The van der Waals surface area contributed by atoms with Crippen LogP contribution in [0, 0.1) is 0 Å². The second-order valence-corrected chi connectivity index (χ2v) is 5.77. The van der Waals surface area contributed by atoms with E-state index in [0.717, 1.165) is 49.5 Å². The maximum atomic E-state index is 5.90. The summed E-state index contributed by atoms with van der Waals surface area (Å²) in [5, 5.41) is 0. The van der Waals surface area contributed by atoms with Gasteiger partial charge in [0.05, 0.1) is 19.3 Å². The maximum Gasteiger partial charge on any atom is 0.213 e. The first-order valence-electron chi connectivity index (χ1n) is 6.41. The van der Waals surface area contributed by atoms with Crippen molar-refractivity contribution in [3.8, 4) is 5.88 Å². The number of piperidine rings is 1. The molecule has 18 heavy (non-hydrogen) atoms. The van der Waals surface area contributed by atoms with E-state index in [1.165, 1.54) is 0 Å². The average Bonchev–Trinajstić information content (AvgIpc) is 2.32. The summed E-state index contributed by atoms with van der Waals surface area (Å²) in [6, 6.07) is 4.52. The van der Waals surface area contributed by atoms with E-state index in [9.17, 15) is 0 Å². The first kappa shape index (κ1) is 12.4. The van der Waals surface area contributed by atoms with Crippen LogP contribution in [0.3, 0.4) is 0 Å². The quantitative estimate of drug-likeness (QED) is 0.856. The van der Waals surface area contributed by atoms with E-state index < -0.39 is 0 Å². The van der Waals surface area contributed by atoms with Gasteiger partial charge in [-0.15, -0.1) is 0 Å². The first-order chi connectivity index (χ1) is 8.81. The molecule has 0 unspecified atom stereocenters. The van der Waals surface area contributed by atoms with Crippen molar-refractivity contribution in [2.45, 2.75) is 25.0 Å². The molecule has 0 saturated carbocycles. The molecule has 2 aliphatic heterocycles. The Morgan fingerprint density at radius 2 is 2.06 bits per heavy atom. The molecule has 1 aromatic heterocycles. The molecule has 0 radical (unpaired) electrons. The van der Waals surface area contributed by atoms with Gasteiger partial charge in [-0.2, -0.15) is 0 Å². The van der Waals surface area contributed by atoms with Crippen LogP contribution in [-0.2, 0) is 4.74 Å². The molecule has 2 fully saturated rings. The summed E-state index contributed by atoms with van der Waals surface area (Å²) in [7, 11) is 0. The zero-order valence-electron chi connectivity index (χ0n) is 10.2. The van der Waals surface area contributed by atoms with Crippen LogP contribution in [0.4, 0.5) is 0 Å². The van der Waals surface area contributed by atoms with Gasteiger partial charge in [0.2, 0.25) is 5.88 Å². The Hall–Kier alpha value is -0.650. The predicted molar refractivity (Wildman–Crippen MR) is 71.8 cm³/mol. The molecule has 5 heteroatoms. The van der Waals surface area contributed by atoms with Gasteiger partial charge in [0.25, 0.3) is 0 Å². The summed E-state index contributed by atoms with van der Waals surface area (Å²) in [5.41, 5.74) is 0. The smallest absolute Gasteiger partial charge is 0.213 e. The van der Waals surface area contributed by atoms with Gasteiger partial charge >= 0.3 is 0 Å². The Balaban J connectivity index is 1.48. The Morgan fingerprint density at radius 3 is 2.61 bits per heavy atom. The third kappa shape index (κ3) is 2.84. The minimum atomic E-state index is 0.302. The molecule has 0 atom stereocenters. The van der Waals surface area contributed by atoms with E-state index in [4.69, 9.17) is 9.47 Å². The highest BCUT2D eigenvalue weighted by Gasteiger charge is 2.30. The summed E-state index contributed by atoms with van der Waals surface area (Å²) >= 11 is 3.37. The Labute approximate surface area is 115 Å². The lowest BCUT2D eigenvalue weighted by Crippen LogP contribution is -2.52. The highest BCUT2D eigenvalue weighted by atomic mass is 79.9. The summed E-state index contributed by atoms with van der Waals surface area (Å²) < 4.78 is 12.1. The van der Waals surface area contributed by atoms with Gasteiger partial charge in [0, 0.05) is 29.8 Å². The fourth-order valence-corrected chi connectivity index (χ4v) is 2.63. The molecule has 0 aliphatic carbocycles. The van der Waals surface area contributed by atoms with E-state index in [1.807, 2.05) is 12.1 Å². The largest absolute Gasteiger partial charge is 0.474 e. The van der Waals surface area contributed by atoms with E-state index >= 15 is 0 Å². The maximum absolute atomic E-state index is 5.90. The summed E-state index contributed by atoms with van der Waals surface area (Å²) in [6.07, 6.45) is 4.23. The lowest BCUT2D eigenvalue weighted by Gasteiger charge is -2.41. The summed E-state index contributed by atoms with van der Waals surface area (Å²) in [5.74, 6) is 0.726. The molecule has 0 N–H and O–H groups in total. The zero-order valence-corrected chi connectivity index (χ0v) is 11.8. The molecule has 0 bridgehead atoms. The third-order valence-corrected chi connectivity index (χ3v) is 4.07. The third-order valence-electron chi connectivity index (χ3n) is 3.60. The van der Waals surface area contributed by atoms with Gasteiger partial charge in [-0.05, 0) is 34.8 Å². The lowest BCUT2D eigenvalue weighted by molar-refractivity contribution is -0.0779. The number of aromatic nitrogens is 1. The van der Waals surface area contributed by atoms with Crippen molar-refractivity contribution in [1.82, 2.24) is 9.88 Å². The molecule has 1 aromatic rings. The monoisotopic (exact) mass is 312 g/mol. The summed E-state index contributed by atoms with van der Waals surface area (Å²) in [4.78, 5) is 6.76. The molecule has 98 valence electrons. The van der Waals surface area contributed by atoms with Crippen molar-refractivity contribution in [3.05, 3.63) is 22.8 Å². The van der Waals surface area contributed by atoms with E-state index in [2.05, 4.69) is 25.8 Å². The Morgan fingerprint density at radius 1 is 1.28 bits per heavy atom. The van der Waals surface area contributed by atoms with Gasteiger partial charge in [-0.25, -0.2) is 4.98 Å². The predicted octanol–water partition coefficient (Wildman–Crippen LogP) is 2.09.